The summed E-state index contributed by atoms with van der Waals surface area (Å²) in [5, 5.41) is 29.9. The molecule has 2 unspecified atom stereocenters. The van der Waals surface area contributed by atoms with Crippen LogP contribution in [-0.4, -0.2) is 87.7 Å². The molecule has 1 fully saturated rings. The summed E-state index contributed by atoms with van der Waals surface area (Å²) in [4.78, 5) is 49.4. The number of anilines is 1. The van der Waals surface area contributed by atoms with Crippen LogP contribution in [0.1, 0.15) is 18.5 Å². The van der Waals surface area contributed by atoms with Gasteiger partial charge < -0.3 is 21.0 Å². The number of nitrogen functional groups attached to an aromatic ring is 1. The standard InChI is InChI=1S/C22H23N9O5S3/c1-2-7-30-22(26-28-29-30)39-9-11-8-37-19-15(18(33)31(19)16(11)20(34)35)25-17(32)14(13-10-38-21(23)24-13)27-36-12-5-3-4-6-12/h2-3,5,10,12,15,19H,1,4,6-9H2,(H2,23,24)(H,25,32)(H,34,35)/b27-14-/t12?,15?,19-/m1/s1. The number of amides is 2. The Morgan fingerprint density at radius 2 is 2.28 bits per heavy atom. The summed E-state index contributed by atoms with van der Waals surface area (Å²) in [5.41, 5.74) is 6.31. The Hall–Kier alpha value is -3.70. The number of aromatic nitrogens is 5. The van der Waals surface area contributed by atoms with Crippen molar-refractivity contribution in [3.8, 4) is 0 Å². The number of aliphatic carboxylic acids is 1. The Bertz CT molecular complexity index is 1400. The first-order chi connectivity index (χ1) is 18.9. The van der Waals surface area contributed by atoms with Gasteiger partial charge >= 0.3 is 5.97 Å². The first kappa shape index (κ1) is 26.9. The molecule has 4 heterocycles. The number of hydrogen-bond acceptors (Lipinski definition) is 13. The third kappa shape index (κ3) is 5.55. The normalized spacial score (nSPS) is 22.5. The number of carboxylic acid groups (broad SMARTS) is 1. The molecule has 1 aliphatic carbocycles. The molecule has 3 aliphatic rings. The monoisotopic (exact) mass is 589 g/mol. The maximum absolute atomic E-state index is 13.2. The van der Waals surface area contributed by atoms with Crippen LogP contribution >= 0.6 is 34.9 Å². The van der Waals surface area contributed by atoms with E-state index in [1.54, 1.807) is 16.1 Å². The van der Waals surface area contributed by atoms with Crippen molar-refractivity contribution in [2.24, 2.45) is 5.16 Å². The number of carbonyl (C=O) groups excluding carboxylic acids is 2. The van der Waals surface area contributed by atoms with Crippen LogP contribution in [0.5, 0.6) is 0 Å². The lowest BCUT2D eigenvalue weighted by Crippen LogP contribution is -2.71. The Kier molecular flexibility index (Phi) is 7.99. The Morgan fingerprint density at radius 3 is 2.97 bits per heavy atom. The number of tetrazole rings is 1. The average molecular weight is 590 g/mol. The van der Waals surface area contributed by atoms with Crippen LogP contribution in [0, 0.1) is 0 Å². The smallest absolute Gasteiger partial charge is 0.352 e. The molecule has 0 aromatic carbocycles. The predicted molar refractivity (Wildman–Crippen MR) is 145 cm³/mol. The highest BCUT2D eigenvalue weighted by Crippen LogP contribution is 2.41. The molecule has 17 heteroatoms. The van der Waals surface area contributed by atoms with E-state index in [0.29, 0.717) is 23.0 Å². The van der Waals surface area contributed by atoms with Gasteiger partial charge in [-0.25, -0.2) is 14.5 Å². The molecule has 2 aromatic heterocycles. The lowest BCUT2D eigenvalue weighted by atomic mass is 10.0. The topological polar surface area (TPSA) is 191 Å². The fraction of sp³-hybridized carbons (Fsp3) is 0.364. The largest absolute Gasteiger partial charge is 0.477 e. The summed E-state index contributed by atoms with van der Waals surface area (Å²) >= 11 is 3.77. The fourth-order valence-corrected chi connectivity index (χ4v) is 7.03. The maximum Gasteiger partial charge on any atom is 0.352 e. The van der Waals surface area contributed by atoms with Crippen LogP contribution in [0.4, 0.5) is 5.13 Å². The van der Waals surface area contributed by atoms with Crippen LogP contribution in [0.2, 0.25) is 0 Å². The zero-order valence-electron chi connectivity index (χ0n) is 20.3. The highest BCUT2D eigenvalue weighted by molar-refractivity contribution is 8.01. The van der Waals surface area contributed by atoms with Crippen LogP contribution < -0.4 is 11.1 Å². The quantitative estimate of drug-likeness (QED) is 0.110. The number of thioether (sulfide) groups is 2. The van der Waals surface area contributed by atoms with Gasteiger partial charge in [0.15, 0.2) is 10.8 Å². The summed E-state index contributed by atoms with van der Waals surface area (Å²) in [6, 6.07) is -0.946. The van der Waals surface area contributed by atoms with Gasteiger partial charge in [0.25, 0.3) is 11.8 Å². The number of carbonyl (C=O) groups is 3. The molecule has 204 valence electrons. The molecule has 2 aromatic rings. The van der Waals surface area contributed by atoms with Gasteiger partial charge in [0, 0.05) is 16.9 Å². The molecule has 2 amide bonds. The number of carboxylic acids is 1. The van der Waals surface area contributed by atoms with Gasteiger partial charge in [-0.3, -0.25) is 14.5 Å². The van der Waals surface area contributed by atoms with Crippen LogP contribution in [0.25, 0.3) is 0 Å². The lowest BCUT2D eigenvalue weighted by Gasteiger charge is -2.49. The van der Waals surface area contributed by atoms with Crippen molar-refractivity contribution in [1.29, 1.82) is 0 Å². The number of oxime groups is 1. The SMILES string of the molecule is C=CCn1nnnc1SCC1=C(C(=O)O)N2C(=O)C(NC(=O)/C(=N\OC3C=CCC3)c3csc(N)n3)[C@H]2SC1. The highest BCUT2D eigenvalue weighted by Gasteiger charge is 2.54. The second-order valence-electron chi connectivity index (χ2n) is 8.50. The van der Waals surface area contributed by atoms with Gasteiger partial charge in [0.05, 0.1) is 6.54 Å². The molecule has 39 heavy (non-hydrogen) atoms. The van der Waals surface area contributed by atoms with Crippen molar-refractivity contribution in [1.82, 2.24) is 35.4 Å². The number of rotatable bonds is 11. The van der Waals surface area contributed by atoms with Gasteiger partial charge in [0.2, 0.25) is 5.16 Å². The van der Waals surface area contributed by atoms with E-state index in [1.165, 1.54) is 28.4 Å². The molecule has 14 nitrogen and oxygen atoms in total. The summed E-state index contributed by atoms with van der Waals surface area (Å²) in [5.74, 6) is -1.81. The minimum Gasteiger partial charge on any atom is -0.477 e. The predicted octanol–water partition coefficient (Wildman–Crippen LogP) is 0.868. The molecule has 1 saturated heterocycles. The summed E-state index contributed by atoms with van der Waals surface area (Å²) in [6.07, 6.45) is 6.79. The van der Waals surface area contributed by atoms with Gasteiger partial charge in [-0.1, -0.05) is 29.1 Å². The molecule has 0 bridgehead atoms. The van der Waals surface area contributed by atoms with Crippen molar-refractivity contribution in [3.05, 3.63) is 47.2 Å². The number of allylic oxidation sites excluding steroid dienone is 2. The van der Waals surface area contributed by atoms with E-state index in [4.69, 9.17) is 10.6 Å². The zero-order valence-corrected chi connectivity index (χ0v) is 22.7. The minimum absolute atomic E-state index is 0.0954. The number of nitrogens with zero attached hydrogens (tertiary/aromatic N) is 7. The molecule has 2 aliphatic heterocycles. The molecule has 4 N–H and O–H groups in total. The van der Waals surface area contributed by atoms with E-state index in [0.717, 1.165) is 24.2 Å². The van der Waals surface area contributed by atoms with Crippen LogP contribution in [0.15, 0.2) is 51.8 Å². The van der Waals surface area contributed by atoms with Gasteiger partial charge in [-0.15, -0.1) is 34.8 Å². The number of β-lactam (4-membered cyclic amide) rings is 1. The first-order valence-corrected chi connectivity index (χ1v) is 14.6. The van der Waals surface area contributed by atoms with E-state index >= 15 is 0 Å². The van der Waals surface area contributed by atoms with E-state index in [2.05, 4.69) is 37.6 Å². The number of nitrogens with one attached hydrogen (secondary N) is 1. The number of fused-ring (bicyclic) bond motifs is 1. The van der Waals surface area contributed by atoms with E-state index in [1.807, 2.05) is 12.2 Å². The average Bonchev–Trinajstić information content (AvgIpc) is 3.69. The number of nitrogens with two attached hydrogens (primary N) is 1. The lowest BCUT2D eigenvalue weighted by molar-refractivity contribution is -0.150. The molecule has 5 rings (SSSR count). The van der Waals surface area contributed by atoms with E-state index < -0.39 is 29.2 Å². The molecular weight excluding hydrogens is 567 g/mol. The fourth-order valence-electron chi connectivity index (χ4n) is 4.11. The van der Waals surface area contributed by atoms with Gasteiger partial charge in [0.1, 0.15) is 28.9 Å². The Labute approximate surface area is 234 Å². The van der Waals surface area contributed by atoms with E-state index in [9.17, 15) is 19.5 Å². The zero-order chi connectivity index (χ0) is 27.5. The minimum atomic E-state index is -1.22. The second kappa shape index (κ2) is 11.6. The van der Waals surface area contributed by atoms with Crippen LogP contribution in [-0.2, 0) is 25.8 Å². The van der Waals surface area contributed by atoms with Crippen molar-refractivity contribution >= 4 is 63.5 Å². The van der Waals surface area contributed by atoms with Crippen LogP contribution in [0.3, 0.4) is 0 Å². The third-order valence-corrected chi connectivity index (χ3v) is 9.00. The number of thiazole rings is 1. The summed E-state index contributed by atoms with van der Waals surface area (Å²) in [7, 11) is 0. The first-order valence-electron chi connectivity index (χ1n) is 11.7. The van der Waals surface area contributed by atoms with E-state index in [-0.39, 0.29) is 34.1 Å². The van der Waals surface area contributed by atoms with Crippen molar-refractivity contribution in [2.45, 2.75) is 42.1 Å². The summed E-state index contributed by atoms with van der Waals surface area (Å²) < 4.78 is 1.54. The Morgan fingerprint density at radius 1 is 1.44 bits per heavy atom. The van der Waals surface area contributed by atoms with Crippen molar-refractivity contribution in [3.63, 3.8) is 0 Å². The van der Waals surface area contributed by atoms with Gasteiger partial charge in [-0.2, -0.15) is 0 Å². The third-order valence-electron chi connectivity index (χ3n) is 5.94. The maximum atomic E-state index is 13.2. The molecule has 0 saturated carbocycles. The van der Waals surface area contributed by atoms with Crippen molar-refractivity contribution < 1.29 is 24.3 Å². The Balaban J connectivity index is 1.30. The van der Waals surface area contributed by atoms with Crippen molar-refractivity contribution in [2.75, 3.05) is 17.2 Å². The molecule has 0 spiro atoms. The molecular formula is C22H23N9O5S3. The second-order valence-corrected chi connectivity index (χ2v) is 11.4. The molecule has 0 radical (unpaired) electrons. The summed E-state index contributed by atoms with van der Waals surface area (Å²) in [6.45, 7) is 4.07. The highest BCUT2D eigenvalue weighted by atomic mass is 32.2. The van der Waals surface area contributed by atoms with Gasteiger partial charge in [-0.05, 0) is 34.9 Å². The molecule has 3 atom stereocenters. The number of hydrogen-bond donors (Lipinski definition) is 3.